The minimum atomic E-state index is 0.628. The smallest absolute Gasteiger partial charge is 0.187 e. The molecule has 0 aliphatic rings. The molecule has 4 nitrogen and oxygen atoms in total. The fourth-order valence-corrected chi connectivity index (χ4v) is 1.99. The molecule has 2 rings (SSSR count). The zero-order chi connectivity index (χ0) is 10.8. The molecule has 5 heteroatoms. The summed E-state index contributed by atoms with van der Waals surface area (Å²) in [6.45, 7) is 4.04. The Morgan fingerprint density at radius 1 is 1.40 bits per heavy atom. The largest absolute Gasteiger partial charge is 0.396 e. The maximum Gasteiger partial charge on any atom is 0.187 e. The molecule has 0 amide bonds. The van der Waals surface area contributed by atoms with E-state index in [0.717, 1.165) is 16.5 Å². The normalized spacial score (nSPS) is 10.3. The molecule has 0 radical (unpaired) electrons. The number of aromatic nitrogens is 2. The van der Waals surface area contributed by atoms with Gasteiger partial charge in [0.15, 0.2) is 5.13 Å². The van der Waals surface area contributed by atoms with Gasteiger partial charge in [-0.3, -0.25) is 4.98 Å². The van der Waals surface area contributed by atoms with Crippen molar-refractivity contribution in [2.45, 2.75) is 13.8 Å². The second kappa shape index (κ2) is 3.86. The fraction of sp³-hybridized carbons (Fsp3) is 0.200. The lowest BCUT2D eigenvalue weighted by molar-refractivity contribution is 1.23. The number of pyridine rings is 1. The number of aryl methyl sites for hydroxylation is 2. The van der Waals surface area contributed by atoms with Crippen LogP contribution in [-0.4, -0.2) is 9.97 Å². The molecule has 0 aliphatic carbocycles. The highest BCUT2D eigenvalue weighted by molar-refractivity contribution is 7.15. The highest BCUT2D eigenvalue weighted by atomic mass is 32.1. The summed E-state index contributed by atoms with van der Waals surface area (Å²) in [4.78, 5) is 9.52. The highest BCUT2D eigenvalue weighted by Crippen LogP contribution is 2.26. The Labute approximate surface area is 92.2 Å². The Bertz CT molecular complexity index is 459. The highest BCUT2D eigenvalue weighted by Gasteiger charge is 2.05. The molecule has 0 unspecified atom stereocenters. The van der Waals surface area contributed by atoms with Crippen molar-refractivity contribution >= 4 is 27.8 Å². The van der Waals surface area contributed by atoms with E-state index in [9.17, 15) is 0 Å². The van der Waals surface area contributed by atoms with Gasteiger partial charge in [-0.15, -0.1) is 11.3 Å². The van der Waals surface area contributed by atoms with Crippen LogP contribution < -0.4 is 11.1 Å². The van der Waals surface area contributed by atoms with Crippen LogP contribution in [0.3, 0.4) is 0 Å². The van der Waals surface area contributed by atoms with Crippen LogP contribution >= 0.6 is 11.3 Å². The zero-order valence-corrected chi connectivity index (χ0v) is 9.43. The third kappa shape index (κ3) is 2.07. The first-order valence-corrected chi connectivity index (χ1v) is 5.39. The molecule has 0 aromatic carbocycles. The standard InChI is InChI=1S/C10H12N4S/c1-6-7(2)15-10(13-6)14-9-3-4-12-5-8(9)11/h3-5H,11H2,1-2H3,(H,12,13,14). The van der Waals surface area contributed by atoms with Crippen molar-refractivity contribution in [3.8, 4) is 0 Å². The quantitative estimate of drug-likeness (QED) is 0.816. The average Bonchev–Trinajstić information content (AvgIpc) is 2.50. The number of thiazole rings is 1. The molecule has 0 saturated carbocycles. The predicted molar refractivity (Wildman–Crippen MR) is 63.5 cm³/mol. The lowest BCUT2D eigenvalue weighted by Gasteiger charge is -2.04. The molecule has 78 valence electrons. The number of hydrogen-bond acceptors (Lipinski definition) is 5. The van der Waals surface area contributed by atoms with Gasteiger partial charge in [-0.05, 0) is 19.9 Å². The minimum absolute atomic E-state index is 0.628. The second-order valence-corrected chi connectivity index (χ2v) is 4.45. The molecule has 0 spiro atoms. The van der Waals surface area contributed by atoms with Gasteiger partial charge in [0.25, 0.3) is 0 Å². The van der Waals surface area contributed by atoms with E-state index in [4.69, 9.17) is 5.73 Å². The maximum atomic E-state index is 5.77. The maximum absolute atomic E-state index is 5.77. The van der Waals surface area contributed by atoms with Gasteiger partial charge in [-0.2, -0.15) is 0 Å². The van der Waals surface area contributed by atoms with Gasteiger partial charge in [0.1, 0.15) is 0 Å². The van der Waals surface area contributed by atoms with Gasteiger partial charge in [0, 0.05) is 11.1 Å². The topological polar surface area (TPSA) is 63.8 Å². The summed E-state index contributed by atoms with van der Waals surface area (Å²) < 4.78 is 0. The first kappa shape index (κ1) is 9.92. The summed E-state index contributed by atoms with van der Waals surface area (Å²) >= 11 is 1.62. The number of anilines is 3. The molecule has 2 aromatic rings. The number of nitrogen functional groups attached to an aromatic ring is 1. The van der Waals surface area contributed by atoms with Gasteiger partial charge in [0.05, 0.1) is 23.3 Å². The Balaban J connectivity index is 2.26. The predicted octanol–water partition coefficient (Wildman–Crippen LogP) is 2.48. The van der Waals surface area contributed by atoms with Crippen molar-refractivity contribution in [2.24, 2.45) is 0 Å². The molecular weight excluding hydrogens is 208 g/mol. The molecule has 2 aromatic heterocycles. The summed E-state index contributed by atoms with van der Waals surface area (Å²) in [6, 6.07) is 1.83. The van der Waals surface area contributed by atoms with Crippen molar-refractivity contribution < 1.29 is 0 Å². The van der Waals surface area contributed by atoms with Gasteiger partial charge >= 0.3 is 0 Å². The van der Waals surface area contributed by atoms with Crippen molar-refractivity contribution in [2.75, 3.05) is 11.1 Å². The minimum Gasteiger partial charge on any atom is -0.396 e. The number of nitrogens with two attached hydrogens (primary N) is 1. The van der Waals surface area contributed by atoms with Crippen molar-refractivity contribution in [1.29, 1.82) is 0 Å². The van der Waals surface area contributed by atoms with Gasteiger partial charge in [-0.25, -0.2) is 4.98 Å². The van der Waals surface area contributed by atoms with E-state index in [1.54, 1.807) is 23.7 Å². The van der Waals surface area contributed by atoms with Crippen LogP contribution in [0.2, 0.25) is 0 Å². The van der Waals surface area contributed by atoms with Gasteiger partial charge in [-0.1, -0.05) is 0 Å². The lowest BCUT2D eigenvalue weighted by atomic mass is 10.3. The summed E-state index contributed by atoms with van der Waals surface area (Å²) in [5.74, 6) is 0. The van der Waals surface area contributed by atoms with Crippen LogP contribution in [0.15, 0.2) is 18.5 Å². The van der Waals surface area contributed by atoms with Crippen LogP contribution in [0.5, 0.6) is 0 Å². The summed E-state index contributed by atoms with van der Waals surface area (Å²) in [5, 5.41) is 4.04. The molecule has 0 atom stereocenters. The molecule has 0 fully saturated rings. The molecule has 2 heterocycles. The van der Waals surface area contributed by atoms with Crippen molar-refractivity contribution in [3.05, 3.63) is 29.0 Å². The number of nitrogens with zero attached hydrogens (tertiary/aromatic N) is 2. The zero-order valence-electron chi connectivity index (χ0n) is 8.61. The van der Waals surface area contributed by atoms with Crippen LogP contribution in [0.25, 0.3) is 0 Å². The van der Waals surface area contributed by atoms with Crippen LogP contribution in [0.4, 0.5) is 16.5 Å². The van der Waals surface area contributed by atoms with E-state index in [-0.39, 0.29) is 0 Å². The molecule has 0 aliphatic heterocycles. The third-order valence-corrected chi connectivity index (χ3v) is 3.11. The monoisotopic (exact) mass is 220 g/mol. The van der Waals surface area contributed by atoms with E-state index in [2.05, 4.69) is 15.3 Å². The number of rotatable bonds is 2. The van der Waals surface area contributed by atoms with Crippen molar-refractivity contribution in [1.82, 2.24) is 9.97 Å². The molecular formula is C10H12N4S. The van der Waals surface area contributed by atoms with E-state index in [1.165, 1.54) is 4.88 Å². The van der Waals surface area contributed by atoms with Gasteiger partial charge < -0.3 is 11.1 Å². The summed E-state index contributed by atoms with van der Waals surface area (Å²) in [5.41, 5.74) is 8.29. The Morgan fingerprint density at radius 2 is 2.20 bits per heavy atom. The second-order valence-electron chi connectivity index (χ2n) is 3.25. The summed E-state index contributed by atoms with van der Waals surface area (Å²) in [6.07, 6.45) is 3.32. The molecule has 0 saturated heterocycles. The van der Waals surface area contributed by atoms with Crippen molar-refractivity contribution in [3.63, 3.8) is 0 Å². The Kier molecular flexibility index (Phi) is 2.55. The first-order chi connectivity index (χ1) is 7.16. The third-order valence-electron chi connectivity index (χ3n) is 2.12. The van der Waals surface area contributed by atoms with E-state index >= 15 is 0 Å². The Morgan fingerprint density at radius 3 is 2.80 bits per heavy atom. The first-order valence-electron chi connectivity index (χ1n) is 4.57. The van der Waals surface area contributed by atoms with E-state index in [1.807, 2.05) is 19.9 Å². The molecule has 15 heavy (non-hydrogen) atoms. The van der Waals surface area contributed by atoms with Crippen LogP contribution in [0.1, 0.15) is 10.6 Å². The van der Waals surface area contributed by atoms with E-state index < -0.39 is 0 Å². The van der Waals surface area contributed by atoms with Gasteiger partial charge in [0.2, 0.25) is 0 Å². The Hall–Kier alpha value is -1.62. The fourth-order valence-electron chi connectivity index (χ4n) is 1.16. The van der Waals surface area contributed by atoms with Crippen LogP contribution in [0, 0.1) is 13.8 Å². The average molecular weight is 220 g/mol. The van der Waals surface area contributed by atoms with Crippen LogP contribution in [-0.2, 0) is 0 Å². The molecule has 3 N–H and O–H groups in total. The lowest BCUT2D eigenvalue weighted by Crippen LogP contribution is -1.96. The molecule has 0 bridgehead atoms. The number of nitrogens with one attached hydrogen (secondary N) is 1. The summed E-state index contributed by atoms with van der Waals surface area (Å²) in [7, 11) is 0. The SMILES string of the molecule is Cc1nc(Nc2ccncc2N)sc1C. The number of hydrogen-bond donors (Lipinski definition) is 2. The van der Waals surface area contributed by atoms with E-state index in [0.29, 0.717) is 5.69 Å².